The van der Waals surface area contributed by atoms with Gasteiger partial charge < -0.3 is 24.7 Å². The Labute approximate surface area is 191 Å². The van der Waals surface area contributed by atoms with Gasteiger partial charge in [-0.05, 0) is 26.0 Å². The number of carbonyl (C=O) groups is 1. The molecule has 0 radical (unpaired) electrons. The summed E-state index contributed by atoms with van der Waals surface area (Å²) in [5.41, 5.74) is -1.33. The zero-order chi connectivity index (χ0) is 23.9. The van der Waals surface area contributed by atoms with Crippen LogP contribution in [-0.2, 0) is 0 Å². The second-order valence-corrected chi connectivity index (χ2v) is 8.21. The van der Waals surface area contributed by atoms with Crippen molar-refractivity contribution in [2.24, 2.45) is 0 Å². The quantitative estimate of drug-likeness (QED) is 0.261. The highest BCUT2D eigenvalue weighted by atomic mass is 32.1. The van der Waals surface area contributed by atoms with Gasteiger partial charge in [0.05, 0.1) is 5.69 Å². The first kappa shape index (κ1) is 22.1. The number of furan rings is 1. The van der Waals surface area contributed by atoms with E-state index in [0.717, 1.165) is 11.3 Å². The molecule has 0 aliphatic carbocycles. The maximum atomic E-state index is 12.8. The first-order chi connectivity index (χ1) is 15.7. The lowest BCUT2D eigenvalue weighted by Crippen LogP contribution is -2.37. The SMILES string of the molecule is C=C[C@@H](Nc1c(Nc2csc(C(=O)N(C)c3cc(C)on3)c2O)c(=O)c1=O)c1ccc(C)o1. The maximum absolute atomic E-state index is 12.8. The maximum Gasteiger partial charge on any atom is 0.273 e. The number of rotatable bonds is 8. The molecule has 3 aromatic heterocycles. The molecule has 1 amide bonds. The van der Waals surface area contributed by atoms with E-state index in [4.69, 9.17) is 8.94 Å². The van der Waals surface area contributed by atoms with Crippen LogP contribution >= 0.6 is 11.3 Å². The van der Waals surface area contributed by atoms with Gasteiger partial charge in [0.15, 0.2) is 11.6 Å². The van der Waals surface area contributed by atoms with Crippen molar-refractivity contribution in [2.75, 3.05) is 22.6 Å². The van der Waals surface area contributed by atoms with Crippen LogP contribution in [0.2, 0.25) is 0 Å². The average molecular weight is 468 g/mol. The molecule has 170 valence electrons. The van der Waals surface area contributed by atoms with Gasteiger partial charge in [-0.25, -0.2) is 0 Å². The second-order valence-electron chi connectivity index (χ2n) is 7.33. The molecule has 0 saturated carbocycles. The van der Waals surface area contributed by atoms with Gasteiger partial charge in [0.1, 0.15) is 39.6 Å². The smallest absolute Gasteiger partial charge is 0.273 e. The number of thiophene rings is 1. The van der Waals surface area contributed by atoms with Gasteiger partial charge in [-0.15, -0.1) is 17.9 Å². The molecule has 1 aromatic carbocycles. The second kappa shape index (κ2) is 8.43. The van der Waals surface area contributed by atoms with E-state index in [-0.39, 0.29) is 33.5 Å². The highest BCUT2D eigenvalue weighted by molar-refractivity contribution is 7.13. The van der Waals surface area contributed by atoms with Gasteiger partial charge in [-0.2, -0.15) is 0 Å². The molecule has 3 N–H and O–H groups in total. The van der Waals surface area contributed by atoms with E-state index in [9.17, 15) is 19.5 Å². The molecule has 10 nitrogen and oxygen atoms in total. The molecule has 0 unspecified atom stereocenters. The molecule has 0 aliphatic rings. The summed E-state index contributed by atoms with van der Waals surface area (Å²) in [6, 6.07) is 4.55. The number of hydrogen-bond donors (Lipinski definition) is 3. The zero-order valence-corrected chi connectivity index (χ0v) is 18.8. The Morgan fingerprint density at radius 2 is 1.97 bits per heavy atom. The van der Waals surface area contributed by atoms with E-state index in [0.29, 0.717) is 17.3 Å². The summed E-state index contributed by atoms with van der Waals surface area (Å²) < 4.78 is 10.5. The molecule has 0 spiro atoms. The molecule has 0 bridgehead atoms. The Kier molecular flexibility index (Phi) is 5.64. The van der Waals surface area contributed by atoms with E-state index in [2.05, 4.69) is 22.4 Å². The van der Waals surface area contributed by atoms with Crippen LogP contribution in [-0.4, -0.2) is 23.2 Å². The van der Waals surface area contributed by atoms with E-state index >= 15 is 0 Å². The van der Waals surface area contributed by atoms with Crippen LogP contribution in [0.15, 0.2) is 54.8 Å². The van der Waals surface area contributed by atoms with Gasteiger partial charge >= 0.3 is 0 Å². The van der Waals surface area contributed by atoms with Crippen molar-refractivity contribution in [3.63, 3.8) is 0 Å². The van der Waals surface area contributed by atoms with Crippen molar-refractivity contribution in [1.82, 2.24) is 5.16 Å². The molecule has 1 atom stereocenters. The van der Waals surface area contributed by atoms with Crippen molar-refractivity contribution in [3.8, 4) is 5.75 Å². The van der Waals surface area contributed by atoms with Gasteiger partial charge in [-0.3, -0.25) is 19.3 Å². The van der Waals surface area contributed by atoms with Gasteiger partial charge in [0, 0.05) is 18.5 Å². The predicted octanol–water partition coefficient (Wildman–Crippen LogP) is 3.61. The molecule has 4 aromatic rings. The summed E-state index contributed by atoms with van der Waals surface area (Å²) in [6.45, 7) is 7.22. The average Bonchev–Trinajstić information content (AvgIpc) is 3.52. The van der Waals surface area contributed by atoms with Crippen LogP contribution in [0, 0.1) is 13.8 Å². The largest absolute Gasteiger partial charge is 0.504 e. The van der Waals surface area contributed by atoms with E-state index in [1.807, 2.05) is 0 Å². The highest BCUT2D eigenvalue weighted by Gasteiger charge is 2.28. The fourth-order valence-electron chi connectivity index (χ4n) is 3.17. The van der Waals surface area contributed by atoms with Crippen molar-refractivity contribution in [3.05, 3.63) is 78.8 Å². The molecule has 0 fully saturated rings. The summed E-state index contributed by atoms with van der Waals surface area (Å²) in [7, 11) is 1.50. The number of hydrogen-bond acceptors (Lipinski definition) is 10. The van der Waals surface area contributed by atoms with Crippen LogP contribution in [0.4, 0.5) is 22.9 Å². The third-order valence-corrected chi connectivity index (χ3v) is 5.95. The fraction of sp³-hybridized carbons (Fsp3) is 0.182. The lowest BCUT2D eigenvalue weighted by molar-refractivity contribution is 0.0993. The third-order valence-electron chi connectivity index (χ3n) is 5.00. The van der Waals surface area contributed by atoms with E-state index in [1.54, 1.807) is 38.1 Å². The number of nitrogens with one attached hydrogen (secondary N) is 2. The minimum Gasteiger partial charge on any atom is -0.504 e. The van der Waals surface area contributed by atoms with Gasteiger partial charge in [0.25, 0.3) is 16.8 Å². The monoisotopic (exact) mass is 468 g/mol. The number of aryl methyl sites for hydroxylation is 2. The Morgan fingerprint density at radius 1 is 1.24 bits per heavy atom. The van der Waals surface area contributed by atoms with Crippen molar-refractivity contribution >= 4 is 40.1 Å². The lowest BCUT2D eigenvalue weighted by Gasteiger charge is -2.18. The number of carbonyl (C=O) groups excluding carboxylic acids is 1. The molecular weight excluding hydrogens is 448 g/mol. The minimum absolute atomic E-state index is 0.0253. The fourth-order valence-corrected chi connectivity index (χ4v) is 4.03. The van der Waals surface area contributed by atoms with Crippen LogP contribution in [0.25, 0.3) is 0 Å². The van der Waals surface area contributed by atoms with E-state index < -0.39 is 22.8 Å². The normalized spacial score (nSPS) is 12.0. The molecule has 3 heterocycles. The molecule has 4 rings (SSSR count). The highest BCUT2D eigenvalue weighted by Crippen LogP contribution is 2.38. The summed E-state index contributed by atoms with van der Waals surface area (Å²) in [5.74, 6) is 1.18. The Balaban J connectivity index is 1.56. The lowest BCUT2D eigenvalue weighted by atomic mass is 10.1. The third kappa shape index (κ3) is 3.94. The first-order valence-corrected chi connectivity index (χ1v) is 10.7. The number of aromatic nitrogens is 1. The minimum atomic E-state index is -0.746. The summed E-state index contributed by atoms with van der Waals surface area (Å²) in [5, 5.41) is 21.6. The molecule has 0 aliphatic heterocycles. The van der Waals surface area contributed by atoms with Gasteiger partial charge in [-0.1, -0.05) is 11.2 Å². The number of nitrogens with zero attached hydrogens (tertiary/aromatic N) is 2. The Morgan fingerprint density at radius 3 is 2.58 bits per heavy atom. The zero-order valence-electron chi connectivity index (χ0n) is 18.0. The topological polar surface area (TPSA) is 138 Å². The Hall–Kier alpha value is -4.12. The standard InChI is InChI=1S/C22H20N4O6S/c1-5-12(14-7-6-10(2)31-14)23-16-17(20(29)19(16)28)24-13-9-33-21(18(13)27)22(30)26(4)15-8-11(3)32-25-15/h5-9,12,23-24,27H,1H2,2-4H3/t12-/m1/s1. The van der Waals surface area contributed by atoms with Crippen molar-refractivity contribution < 1.29 is 18.8 Å². The van der Waals surface area contributed by atoms with Crippen LogP contribution in [0.1, 0.15) is 33.0 Å². The van der Waals surface area contributed by atoms with Crippen molar-refractivity contribution in [2.45, 2.75) is 19.9 Å². The summed E-state index contributed by atoms with van der Waals surface area (Å²) >= 11 is 0.979. The number of aromatic hydroxyl groups is 1. The molecular formula is C22H20N4O6S. The molecule has 11 heteroatoms. The first-order valence-electron chi connectivity index (χ1n) is 9.78. The van der Waals surface area contributed by atoms with E-state index in [1.165, 1.54) is 17.3 Å². The molecule has 33 heavy (non-hydrogen) atoms. The Bertz CT molecular complexity index is 1420. The predicted molar refractivity (Wildman–Crippen MR) is 125 cm³/mol. The van der Waals surface area contributed by atoms with Crippen LogP contribution < -0.4 is 26.4 Å². The van der Waals surface area contributed by atoms with Gasteiger partial charge in [0.2, 0.25) is 0 Å². The van der Waals surface area contributed by atoms with Crippen LogP contribution in [0.3, 0.4) is 0 Å². The van der Waals surface area contributed by atoms with Crippen molar-refractivity contribution in [1.29, 1.82) is 0 Å². The molecule has 0 saturated heterocycles. The number of amides is 1. The number of anilines is 4. The van der Waals surface area contributed by atoms with Crippen LogP contribution in [0.5, 0.6) is 5.75 Å². The summed E-state index contributed by atoms with van der Waals surface area (Å²) in [4.78, 5) is 38.4. The summed E-state index contributed by atoms with van der Waals surface area (Å²) in [6.07, 6.45) is 1.54.